The van der Waals surface area contributed by atoms with E-state index >= 15 is 0 Å². The molecule has 4 bridgehead atoms. The summed E-state index contributed by atoms with van der Waals surface area (Å²) in [5, 5.41) is 12.4. The Labute approximate surface area is 439 Å². The Balaban J connectivity index is 0.000000776. The summed E-state index contributed by atoms with van der Waals surface area (Å²) in [5.74, 6) is 3.37. The van der Waals surface area contributed by atoms with Crippen LogP contribution in [0.2, 0.25) is 0 Å². The zero-order chi connectivity index (χ0) is 41.1. The first kappa shape index (κ1) is 60.4. The number of carbonyl (C=O) groups is 1. The van der Waals surface area contributed by atoms with Gasteiger partial charge in [-0.25, -0.2) is 0 Å². The molecule has 12 heteroatoms. The molecule has 4 aliphatic rings. The van der Waals surface area contributed by atoms with Gasteiger partial charge in [0.15, 0.2) is 0 Å². The van der Waals surface area contributed by atoms with Crippen molar-refractivity contribution in [1.29, 1.82) is 0 Å². The average molecular weight is 1580 g/mol. The molecule has 3 aromatic carbocycles. The molecule has 3 aromatic rings. The Morgan fingerprint density at radius 1 is 0.793 bits per heavy atom. The fourth-order valence-electron chi connectivity index (χ4n) is 9.17. The van der Waals surface area contributed by atoms with Crippen LogP contribution in [0, 0.1) is 29.7 Å². The van der Waals surface area contributed by atoms with Gasteiger partial charge in [0.25, 0.3) is 5.97 Å². The summed E-state index contributed by atoms with van der Waals surface area (Å²) in [6, 6.07) is 33.3. The first-order valence-corrected chi connectivity index (χ1v) is 41.6. The summed E-state index contributed by atoms with van der Waals surface area (Å²) in [7, 11) is 3.93. The molecule has 0 radical (unpaired) electrons. The third kappa shape index (κ3) is 24.0. The molecular formula is C46H70I6N2O2PPd-. The number of aliphatic carboxylic acids is 1. The summed E-state index contributed by atoms with van der Waals surface area (Å²) >= 11 is 9.54. The van der Waals surface area contributed by atoms with Gasteiger partial charge in [-0.2, -0.15) is 0 Å². The van der Waals surface area contributed by atoms with Crippen molar-refractivity contribution in [2.75, 3.05) is 31.3 Å². The van der Waals surface area contributed by atoms with Crippen molar-refractivity contribution >= 4 is 123 Å². The molecule has 4 aliphatic carbocycles. The van der Waals surface area contributed by atoms with Crippen LogP contribution in [-0.4, -0.2) is 49.6 Å². The van der Waals surface area contributed by atoms with Gasteiger partial charge >= 0.3 is 50.5 Å². The third-order valence-corrected chi connectivity index (χ3v) is 14.9. The Morgan fingerprint density at radius 3 is 1.69 bits per heavy atom. The number of rotatable bonds is 11. The van der Waals surface area contributed by atoms with Crippen LogP contribution in [0.15, 0.2) is 78.9 Å². The summed E-state index contributed by atoms with van der Waals surface area (Å²) in [6.07, 6.45) is 23.0. The summed E-state index contributed by atoms with van der Waals surface area (Å²) in [5.41, 5.74) is 4.05. The van der Waals surface area contributed by atoms with Crippen LogP contribution in [-0.2, 0) is 25.2 Å². The third-order valence-electron chi connectivity index (χ3n) is 11.8. The van der Waals surface area contributed by atoms with Crippen molar-refractivity contribution in [3.05, 3.63) is 84.9 Å². The smallest absolute Gasteiger partial charge is 0 e. The molecule has 0 saturated heterocycles. The molecule has 0 spiro atoms. The van der Waals surface area contributed by atoms with E-state index in [9.17, 15) is 0 Å². The first-order valence-electron chi connectivity index (χ1n) is 20.8. The summed E-state index contributed by atoms with van der Waals surface area (Å²) < 4.78 is 0. The van der Waals surface area contributed by atoms with Crippen LogP contribution in [0.25, 0.3) is 11.1 Å². The normalized spacial score (nSPS) is 21.8. The topological polar surface area (TPSA) is 52.6 Å². The van der Waals surface area contributed by atoms with Crippen LogP contribution < -0.4 is 28.8 Å². The maximum atomic E-state index is 9.00. The van der Waals surface area contributed by atoms with E-state index in [0.717, 1.165) is 42.7 Å². The molecule has 4 nitrogen and oxygen atoms in total. The number of nitrogens with zero attached hydrogens (tertiary/aromatic N) is 1. The van der Waals surface area contributed by atoms with Gasteiger partial charge in [0.05, 0.1) is 17.6 Å². The first-order chi connectivity index (χ1) is 27.2. The second kappa shape index (κ2) is 37.6. The zero-order valence-corrected chi connectivity index (χ0v) is 50.9. The van der Waals surface area contributed by atoms with Gasteiger partial charge in [-0.3, -0.25) is 4.79 Å². The predicted octanol–water partition coefficient (Wildman–Crippen LogP) is 12.3. The van der Waals surface area contributed by atoms with Gasteiger partial charge in [-0.05, 0) is 100 Å². The van der Waals surface area contributed by atoms with E-state index in [1.54, 1.807) is 5.30 Å². The Kier molecular flexibility index (Phi) is 39.1. The number of nitrogens with one attached hydrogen (secondary N) is 1. The SMILES string of the molecule is CC(=O)O.CCCC[PH+](CCCC)c1ccccc1-c1[c-]cccc1.CN(c1ccccc1)C1C[C@H]2CC[C@@H](C1)C2.CNC1C[C@H]2CC[C@@H](C1)C2.I.II.I[I-]I.[Pd]. The van der Waals surface area contributed by atoms with Gasteiger partial charge in [0, 0.05) is 97.3 Å². The van der Waals surface area contributed by atoms with Crippen molar-refractivity contribution in [2.24, 2.45) is 23.7 Å². The van der Waals surface area contributed by atoms with Crippen molar-refractivity contribution in [3.63, 3.8) is 0 Å². The van der Waals surface area contributed by atoms with Crippen LogP contribution in [0.5, 0.6) is 0 Å². The number of hydrogen-bond acceptors (Lipinski definition) is 3. The van der Waals surface area contributed by atoms with Gasteiger partial charge in [0.2, 0.25) is 0 Å². The van der Waals surface area contributed by atoms with Crippen LogP contribution in [0.1, 0.15) is 111 Å². The molecule has 0 aromatic heterocycles. The molecular weight excluding hydrogens is 1510 g/mol. The van der Waals surface area contributed by atoms with Crippen molar-refractivity contribution in [2.45, 2.75) is 123 Å². The number of para-hydroxylation sites is 1. The van der Waals surface area contributed by atoms with Crippen molar-refractivity contribution in [3.8, 4) is 11.1 Å². The standard InChI is InChI=1S/C20H26P.C15H21N.C9H17N.C2H4O2.I3.I2.HI.Pd/c1-3-5-16-21(17-6-4-2)20-15-11-10-14-19(20)18-12-8-7-9-13-18;1-16(14-5-3-2-4-6-14)15-10-12-7-8-13(9-12)11-15;1-10-9-5-7-2-3-8(4-7)6-9;1-2(3)4;1-3-2;1-2;;/h7-12,14-15H,3-6,16-17H2,1-2H3;2-6,12-13,15H,7-11H2,1H3;7-10H,2-6H2,1H3;1H3,(H,3,4);;;1H;/q-1;;;;-1;;;/p+1/t;12-,13+,15?;7-,8+,9?;;;;;. The van der Waals surface area contributed by atoms with Crippen LogP contribution in [0.4, 0.5) is 5.69 Å². The number of halogens is 6. The predicted molar refractivity (Wildman–Crippen MR) is 295 cm³/mol. The summed E-state index contributed by atoms with van der Waals surface area (Å²) in [4.78, 5) is 11.5. The minimum absolute atomic E-state index is 0. The Morgan fingerprint density at radius 2 is 1.24 bits per heavy atom. The van der Waals surface area contributed by atoms with Crippen LogP contribution in [0.3, 0.4) is 0 Å². The van der Waals surface area contributed by atoms with E-state index in [-0.39, 0.29) is 44.4 Å². The number of hydrogen-bond donors (Lipinski definition) is 2. The molecule has 4 fully saturated rings. The minimum atomic E-state index is -0.833. The average Bonchev–Trinajstić information content (AvgIpc) is 3.76. The molecule has 6 atom stereocenters. The van der Waals surface area contributed by atoms with Gasteiger partial charge in [-0.1, -0.05) is 94.3 Å². The van der Waals surface area contributed by atoms with Crippen molar-refractivity contribution in [1.82, 2.24) is 5.32 Å². The Bertz CT molecular complexity index is 1400. The molecule has 7 rings (SSSR count). The zero-order valence-electron chi connectivity index (χ0n) is 35.2. The minimum Gasteiger partial charge on any atom is 0 e. The fourth-order valence-corrected chi connectivity index (χ4v) is 12.4. The number of benzene rings is 3. The fraction of sp³-hybridized carbons (Fsp3) is 0.587. The van der Waals surface area contributed by atoms with Crippen LogP contribution >= 0.6 is 106 Å². The maximum Gasteiger partial charge on any atom is 0 e. The molecule has 4 saturated carbocycles. The van der Waals surface area contributed by atoms with E-state index in [0.29, 0.717) is 13.3 Å². The number of carboxylic acids is 1. The van der Waals surface area contributed by atoms with E-state index in [4.69, 9.17) is 9.90 Å². The second-order valence-electron chi connectivity index (χ2n) is 15.8. The van der Waals surface area contributed by atoms with Gasteiger partial charge in [0.1, 0.15) is 0 Å². The van der Waals surface area contributed by atoms with E-state index in [1.807, 2.05) is 12.1 Å². The second-order valence-corrected chi connectivity index (χ2v) is 34.8. The largest absolute Gasteiger partial charge is 0 e. The molecule has 2 unspecified atom stereocenters. The number of unbranched alkanes of at least 4 members (excludes halogenated alkanes) is 2. The van der Waals surface area contributed by atoms with E-state index in [2.05, 4.69) is 185 Å². The van der Waals surface area contributed by atoms with E-state index in [1.165, 1.54) is 119 Å². The maximum absolute atomic E-state index is 9.00. The molecule has 0 amide bonds. The molecule has 58 heavy (non-hydrogen) atoms. The molecule has 334 valence electrons. The van der Waals surface area contributed by atoms with Gasteiger partial charge in [-0.15, -0.1) is 59.9 Å². The Hall–Kier alpha value is 2.36. The number of fused-ring (bicyclic) bond motifs is 4. The van der Waals surface area contributed by atoms with E-state index < -0.39 is 13.9 Å². The summed E-state index contributed by atoms with van der Waals surface area (Å²) in [6.45, 7) is 5.69. The molecule has 0 aliphatic heterocycles. The van der Waals surface area contributed by atoms with Gasteiger partial charge < -0.3 is 15.3 Å². The quantitative estimate of drug-likeness (QED) is 0.0869. The van der Waals surface area contributed by atoms with Crippen molar-refractivity contribution < 1.29 is 43.6 Å². The number of carboxylic acid groups (broad SMARTS) is 1. The molecule has 0 heterocycles. The monoisotopic (exact) mass is 1580 g/mol. The number of anilines is 1. The molecule has 2 N–H and O–H groups in total.